The summed E-state index contributed by atoms with van der Waals surface area (Å²) in [6.07, 6.45) is 11.5. The van der Waals surface area contributed by atoms with Crippen molar-refractivity contribution in [1.82, 2.24) is 19.9 Å². The van der Waals surface area contributed by atoms with Crippen LogP contribution in [0.25, 0.3) is 33.2 Å². The van der Waals surface area contributed by atoms with Gasteiger partial charge in [0.15, 0.2) is 47.5 Å². The van der Waals surface area contributed by atoms with E-state index in [2.05, 4.69) is 69.0 Å². The van der Waals surface area contributed by atoms with Crippen molar-refractivity contribution in [2.75, 3.05) is 106 Å². The molecule has 0 saturated heterocycles. The molecule has 0 unspecified atom stereocenters. The summed E-state index contributed by atoms with van der Waals surface area (Å²) in [6, 6.07) is 33.2. The van der Waals surface area contributed by atoms with E-state index in [4.69, 9.17) is 56.8 Å². The topological polar surface area (TPSA) is 204 Å². The summed E-state index contributed by atoms with van der Waals surface area (Å²) in [5, 5.41) is 1.64. The minimum atomic E-state index is -10.7. The minimum Gasteiger partial charge on any atom is -0.491 e. The summed E-state index contributed by atoms with van der Waals surface area (Å²) >= 11 is 0. The number of fused-ring (bicyclic) bond motifs is 6. The van der Waals surface area contributed by atoms with Gasteiger partial charge in [-0.05, 0) is 95.1 Å². The fourth-order valence-electron chi connectivity index (χ4n) is 7.68. The second kappa shape index (κ2) is 33.3. The molecule has 9 rings (SSSR count). The number of rotatable bonds is 7. The van der Waals surface area contributed by atoms with Crippen LogP contribution in [0.5, 0.6) is 23.0 Å². The summed E-state index contributed by atoms with van der Waals surface area (Å²) in [7, 11) is -17.3. The second-order valence-electron chi connectivity index (χ2n) is 19.8. The Labute approximate surface area is 530 Å². The Balaban J connectivity index is 0.000000410. The van der Waals surface area contributed by atoms with Crippen LogP contribution in [0.15, 0.2) is 146 Å². The van der Waals surface area contributed by atoms with E-state index < -0.39 is 27.6 Å². The first-order valence-electron chi connectivity index (χ1n) is 28.3. The van der Waals surface area contributed by atoms with Gasteiger partial charge in [0, 0.05) is 59.6 Å². The van der Waals surface area contributed by atoms with Gasteiger partial charge in [-0.25, -0.2) is 38.7 Å². The van der Waals surface area contributed by atoms with Crippen LogP contribution < -0.4 is 28.1 Å². The van der Waals surface area contributed by atoms with E-state index in [1.807, 2.05) is 35.4 Å². The van der Waals surface area contributed by atoms with E-state index in [1.54, 1.807) is 85.2 Å². The molecule has 7 heterocycles. The number of esters is 2. The summed E-state index contributed by atoms with van der Waals surface area (Å²) in [4.78, 5) is 42.9. The molecule has 8 aromatic rings. The smallest absolute Gasteiger partial charge is 0.357 e. The van der Waals surface area contributed by atoms with Gasteiger partial charge in [0.25, 0.3) is 0 Å². The Kier molecular flexibility index (Phi) is 26.5. The van der Waals surface area contributed by atoms with Crippen LogP contribution in [0.4, 0.5) is 50.4 Å². The fourth-order valence-corrected chi connectivity index (χ4v) is 7.68. The largest absolute Gasteiger partial charge is 0.491 e. The first kappa shape index (κ1) is 74.8. The van der Waals surface area contributed by atoms with Gasteiger partial charge < -0.3 is 56.8 Å². The number of carbonyl (C=O) groups is 2. The number of carbonyl (C=O) groups excluding carboxylic acids is 2. The molecule has 4 bridgehead atoms. The van der Waals surface area contributed by atoms with Crippen LogP contribution in [0.3, 0.4) is 0 Å². The molecule has 94 heavy (non-hydrogen) atoms. The average molecular weight is 1390 g/mol. The summed E-state index contributed by atoms with van der Waals surface area (Å²) in [6.45, 7) is 5.12. The summed E-state index contributed by atoms with van der Waals surface area (Å²) in [5.74, 6) is 0.909. The molecule has 0 amide bonds. The van der Waals surface area contributed by atoms with Crippen LogP contribution >= 0.6 is 15.6 Å². The quantitative estimate of drug-likeness (QED) is 0.0630. The molecule has 0 spiro atoms. The Hall–Kier alpha value is -8.22. The van der Waals surface area contributed by atoms with E-state index in [9.17, 15) is 60.0 Å². The van der Waals surface area contributed by atoms with Gasteiger partial charge in [-0.3, -0.25) is 0 Å². The number of pyridine rings is 6. The van der Waals surface area contributed by atoms with Gasteiger partial charge in [-0.15, -0.1) is 0 Å². The maximum Gasteiger partial charge on any atom is 0.357 e. The average Bonchev–Trinajstić information content (AvgIpc) is 0.803. The third-order valence-corrected chi connectivity index (χ3v) is 11.7. The zero-order valence-corrected chi connectivity index (χ0v) is 52.2. The number of aromatic nitrogens is 6. The third kappa shape index (κ3) is 34.1. The molecule has 6 aromatic heterocycles. The van der Waals surface area contributed by atoms with Crippen molar-refractivity contribution < 1.29 is 126 Å². The van der Waals surface area contributed by atoms with E-state index in [1.165, 1.54) is 11.1 Å². The van der Waals surface area contributed by atoms with E-state index in [-0.39, 0.29) is 51.0 Å². The zero-order valence-electron chi connectivity index (χ0n) is 50.4. The van der Waals surface area contributed by atoms with Crippen LogP contribution in [-0.4, -0.2) is 138 Å². The molecule has 0 fully saturated rings. The SMILES string of the molecule is C[n+]1ccc(-c2cc[n+](C)cc2)cc1.F[P-](F)(F)(F)(F)F.F[P-](F)(F)(F)(F)F.O=C(OCc1cc2cc(c1)OCCOCCOCCOCCOc1cc(COC(=O)c3ccc4cccnc4n3)cc(c1)OCCOCCOCCOCCO2)c1ccc2cccnc2n1. The van der Waals surface area contributed by atoms with Crippen LogP contribution in [0.2, 0.25) is 0 Å². The molecule has 0 atom stereocenters. The molecule has 0 saturated carbocycles. The molecule has 20 nitrogen and oxygen atoms in total. The van der Waals surface area contributed by atoms with Crippen LogP contribution in [0, 0.1) is 0 Å². The van der Waals surface area contributed by atoms with Gasteiger partial charge >= 0.3 is 77.9 Å². The Morgan fingerprint density at radius 1 is 0.394 bits per heavy atom. The number of halogens is 12. The van der Waals surface area contributed by atoms with Gasteiger partial charge in [0.05, 0.1) is 79.3 Å². The molecule has 2 aromatic carbocycles. The summed E-state index contributed by atoms with van der Waals surface area (Å²) in [5.41, 5.74) is 5.05. The predicted octanol–water partition coefficient (Wildman–Crippen LogP) is 13.4. The van der Waals surface area contributed by atoms with E-state index in [0.29, 0.717) is 125 Å². The Bertz CT molecular complexity index is 3390. The van der Waals surface area contributed by atoms with Crippen molar-refractivity contribution in [2.24, 2.45) is 14.1 Å². The first-order chi connectivity index (χ1) is 44.2. The predicted molar refractivity (Wildman–Crippen MR) is 318 cm³/mol. The van der Waals surface area contributed by atoms with Crippen molar-refractivity contribution in [2.45, 2.75) is 13.2 Å². The monoisotopic (exact) mass is 1380 g/mol. The number of benzene rings is 2. The van der Waals surface area contributed by atoms with Gasteiger partial charge in [0.2, 0.25) is 0 Å². The first-order valence-corrected chi connectivity index (χ1v) is 32.3. The second-order valence-corrected chi connectivity index (χ2v) is 23.6. The number of aryl methyl sites for hydroxylation is 2. The molecule has 0 radical (unpaired) electrons. The number of hydrogen-bond donors (Lipinski definition) is 0. The van der Waals surface area contributed by atoms with Crippen molar-refractivity contribution >= 4 is 49.6 Å². The molecule has 0 aliphatic carbocycles. The maximum atomic E-state index is 12.9. The molecule has 1 aliphatic heterocycles. The van der Waals surface area contributed by atoms with E-state index in [0.717, 1.165) is 10.8 Å². The molecule has 1 aliphatic rings. The van der Waals surface area contributed by atoms with Crippen molar-refractivity contribution in [3.63, 3.8) is 0 Å². The molecular formula is C60H66F12N6O14P2. The Morgan fingerprint density at radius 3 is 0.936 bits per heavy atom. The Morgan fingerprint density at radius 2 is 0.660 bits per heavy atom. The molecular weight excluding hydrogens is 1320 g/mol. The van der Waals surface area contributed by atoms with E-state index >= 15 is 0 Å². The van der Waals surface area contributed by atoms with Crippen LogP contribution in [0.1, 0.15) is 32.1 Å². The van der Waals surface area contributed by atoms with Crippen molar-refractivity contribution in [3.8, 4) is 34.1 Å². The third-order valence-electron chi connectivity index (χ3n) is 11.7. The van der Waals surface area contributed by atoms with Gasteiger partial charge in [-0.1, -0.05) is 0 Å². The van der Waals surface area contributed by atoms with Crippen LogP contribution in [-0.2, 0) is 65.2 Å². The molecule has 514 valence electrons. The number of hydrogen-bond acceptors (Lipinski definition) is 18. The van der Waals surface area contributed by atoms with Gasteiger partial charge in [-0.2, -0.15) is 0 Å². The van der Waals surface area contributed by atoms with Crippen molar-refractivity contribution in [1.29, 1.82) is 0 Å². The summed E-state index contributed by atoms with van der Waals surface area (Å²) < 4.78 is 192. The van der Waals surface area contributed by atoms with Gasteiger partial charge in [0.1, 0.15) is 76.7 Å². The maximum absolute atomic E-state index is 12.9. The molecule has 34 heteroatoms. The fraction of sp³-hybridized carbons (Fsp3) is 0.333. The number of nitrogens with zero attached hydrogens (tertiary/aromatic N) is 6. The zero-order chi connectivity index (χ0) is 68.2. The number of ether oxygens (including phenoxy) is 12. The minimum absolute atomic E-state index is 0.0387. The standard InChI is InChI=1S/C48H52N4O14.C12H14N2.2F6P/c53-47(43-7-5-37-3-1-9-49-45(37)51-43)65-33-35-27-39-31-40(28-35)62-24-20-58-16-12-56-14-18-60-22-26-64-42-30-36(34-66-48(54)44-8-6-38-4-2-10-50-46(38)52-44)29-41(32-42)63-25-21-59-17-13-55-11-15-57-19-23-61-39;1-13-7-3-11(4-8-13)12-5-9-14(2)10-6-12;2*1-7(2,3,4,5)6/h1-10,27-32H,11-26,33-34H2;3-10H,1-2H3;;/q;+2;2*-1. The normalized spacial score (nSPS) is 16.1. The van der Waals surface area contributed by atoms with Crippen molar-refractivity contribution in [3.05, 3.63) is 169 Å². The molecule has 0 N–H and O–H groups in total.